The third-order valence-electron chi connectivity index (χ3n) is 4.26. The SMILES string of the molecule is COCCC(N)C(=O)N1CCCC(C(C)(C)C(=O)O)C1. The number of ether oxygens (including phenoxy) is 1. The molecule has 1 heterocycles. The summed E-state index contributed by atoms with van der Waals surface area (Å²) < 4.78 is 4.93. The number of carbonyl (C=O) groups is 2. The molecule has 3 N–H and O–H groups in total. The Bertz CT molecular complexity index is 357. The lowest BCUT2D eigenvalue weighted by atomic mass is 9.74. The first-order chi connectivity index (χ1) is 9.30. The van der Waals surface area contributed by atoms with Crippen molar-refractivity contribution in [1.29, 1.82) is 0 Å². The second kappa shape index (κ2) is 7.04. The van der Waals surface area contributed by atoms with Crippen molar-refractivity contribution in [3.8, 4) is 0 Å². The molecule has 0 aromatic carbocycles. The minimum Gasteiger partial charge on any atom is -0.481 e. The van der Waals surface area contributed by atoms with Gasteiger partial charge in [0.1, 0.15) is 0 Å². The van der Waals surface area contributed by atoms with E-state index in [1.807, 2.05) is 0 Å². The van der Waals surface area contributed by atoms with Crippen molar-refractivity contribution in [2.75, 3.05) is 26.8 Å². The van der Waals surface area contributed by atoms with Crippen molar-refractivity contribution < 1.29 is 19.4 Å². The van der Waals surface area contributed by atoms with Gasteiger partial charge in [0.15, 0.2) is 0 Å². The Balaban J connectivity index is 2.65. The predicted octanol–water partition coefficient (Wildman–Crippen LogP) is 0.700. The number of aliphatic carboxylic acids is 1. The Kier molecular flexibility index (Phi) is 5.95. The highest BCUT2D eigenvalue weighted by Gasteiger charge is 2.40. The second-order valence-corrected chi connectivity index (χ2v) is 6.04. The maximum atomic E-state index is 12.2. The lowest BCUT2D eigenvalue weighted by Gasteiger charge is -2.40. The summed E-state index contributed by atoms with van der Waals surface area (Å²) >= 11 is 0. The molecule has 1 aliphatic heterocycles. The zero-order chi connectivity index (χ0) is 15.3. The molecule has 6 heteroatoms. The molecule has 0 spiro atoms. The van der Waals surface area contributed by atoms with E-state index in [-0.39, 0.29) is 11.8 Å². The van der Waals surface area contributed by atoms with Gasteiger partial charge >= 0.3 is 5.97 Å². The molecule has 20 heavy (non-hydrogen) atoms. The zero-order valence-electron chi connectivity index (χ0n) is 12.6. The monoisotopic (exact) mass is 286 g/mol. The van der Waals surface area contributed by atoms with Crippen LogP contribution in [0.5, 0.6) is 0 Å². The lowest BCUT2D eigenvalue weighted by Crippen LogP contribution is -2.51. The van der Waals surface area contributed by atoms with Crippen molar-refractivity contribution >= 4 is 11.9 Å². The summed E-state index contributed by atoms with van der Waals surface area (Å²) in [6.07, 6.45) is 2.14. The fourth-order valence-electron chi connectivity index (χ4n) is 2.54. The van der Waals surface area contributed by atoms with Crippen LogP contribution in [0.4, 0.5) is 0 Å². The zero-order valence-corrected chi connectivity index (χ0v) is 12.6. The first-order valence-electron chi connectivity index (χ1n) is 7.07. The maximum Gasteiger partial charge on any atom is 0.309 e. The van der Waals surface area contributed by atoms with Gasteiger partial charge in [0.05, 0.1) is 11.5 Å². The number of methoxy groups -OCH3 is 1. The van der Waals surface area contributed by atoms with Gasteiger partial charge in [-0.15, -0.1) is 0 Å². The minimum absolute atomic E-state index is 0.0349. The van der Waals surface area contributed by atoms with Gasteiger partial charge in [0, 0.05) is 26.8 Å². The van der Waals surface area contributed by atoms with Crippen LogP contribution in [0.1, 0.15) is 33.1 Å². The number of hydrogen-bond donors (Lipinski definition) is 2. The molecular weight excluding hydrogens is 260 g/mol. The first kappa shape index (κ1) is 16.9. The molecule has 6 nitrogen and oxygen atoms in total. The number of amides is 1. The number of carboxylic acid groups (broad SMARTS) is 1. The highest BCUT2D eigenvalue weighted by atomic mass is 16.5. The number of nitrogens with zero attached hydrogens (tertiary/aromatic N) is 1. The number of hydrogen-bond acceptors (Lipinski definition) is 4. The van der Waals surface area contributed by atoms with E-state index >= 15 is 0 Å². The summed E-state index contributed by atoms with van der Waals surface area (Å²) in [5.41, 5.74) is 5.04. The van der Waals surface area contributed by atoms with E-state index in [9.17, 15) is 14.7 Å². The molecule has 1 amide bonds. The van der Waals surface area contributed by atoms with Gasteiger partial charge in [0.25, 0.3) is 0 Å². The summed E-state index contributed by atoms with van der Waals surface area (Å²) in [6, 6.07) is -0.568. The van der Waals surface area contributed by atoms with Crippen LogP contribution in [-0.2, 0) is 14.3 Å². The standard InChI is InChI=1S/C14H26N2O4/c1-14(2,13(18)19)10-5-4-7-16(9-10)12(17)11(15)6-8-20-3/h10-11H,4-9,15H2,1-3H3,(H,18,19). The number of likely N-dealkylation sites (tertiary alicyclic amines) is 1. The van der Waals surface area contributed by atoms with Crippen molar-refractivity contribution in [1.82, 2.24) is 4.90 Å². The van der Waals surface area contributed by atoms with E-state index in [1.54, 1.807) is 25.9 Å². The highest BCUT2D eigenvalue weighted by molar-refractivity contribution is 5.82. The van der Waals surface area contributed by atoms with Crippen LogP contribution >= 0.6 is 0 Å². The number of piperidine rings is 1. The smallest absolute Gasteiger partial charge is 0.309 e. The van der Waals surface area contributed by atoms with Gasteiger partial charge in [0.2, 0.25) is 5.91 Å². The predicted molar refractivity (Wildman–Crippen MR) is 75.2 cm³/mol. The van der Waals surface area contributed by atoms with Gasteiger partial charge in [-0.3, -0.25) is 9.59 Å². The highest BCUT2D eigenvalue weighted by Crippen LogP contribution is 2.34. The molecule has 0 aromatic rings. The van der Waals surface area contributed by atoms with Crippen molar-refractivity contribution in [2.24, 2.45) is 17.1 Å². The van der Waals surface area contributed by atoms with Crippen LogP contribution in [0.2, 0.25) is 0 Å². The van der Waals surface area contributed by atoms with E-state index in [2.05, 4.69) is 0 Å². The van der Waals surface area contributed by atoms with E-state index in [0.717, 1.165) is 12.8 Å². The average Bonchev–Trinajstić information content (AvgIpc) is 2.43. The molecule has 2 atom stereocenters. The fourth-order valence-corrected chi connectivity index (χ4v) is 2.54. The van der Waals surface area contributed by atoms with E-state index in [1.165, 1.54) is 0 Å². The summed E-state index contributed by atoms with van der Waals surface area (Å²) in [6.45, 7) is 5.02. The Morgan fingerprint density at radius 1 is 1.50 bits per heavy atom. The van der Waals surface area contributed by atoms with Crippen LogP contribution in [-0.4, -0.2) is 54.7 Å². The number of nitrogens with two attached hydrogens (primary N) is 1. The number of carboxylic acids is 1. The topological polar surface area (TPSA) is 92.9 Å². The summed E-state index contributed by atoms with van der Waals surface area (Å²) in [5, 5.41) is 9.30. The van der Waals surface area contributed by atoms with Crippen LogP contribution in [0.3, 0.4) is 0 Å². The molecule has 0 radical (unpaired) electrons. The molecule has 0 aliphatic carbocycles. The molecular formula is C14H26N2O4. The van der Waals surface area contributed by atoms with Crippen LogP contribution < -0.4 is 5.73 Å². The van der Waals surface area contributed by atoms with Gasteiger partial charge in [-0.25, -0.2) is 0 Å². The molecule has 0 saturated carbocycles. The molecule has 1 fully saturated rings. The molecule has 116 valence electrons. The third kappa shape index (κ3) is 3.93. The molecule has 1 saturated heterocycles. The van der Waals surface area contributed by atoms with Crippen molar-refractivity contribution in [3.63, 3.8) is 0 Å². The van der Waals surface area contributed by atoms with Crippen LogP contribution in [0.15, 0.2) is 0 Å². The summed E-state index contributed by atoms with van der Waals surface area (Å²) in [4.78, 5) is 25.3. The first-order valence-corrected chi connectivity index (χ1v) is 7.07. The van der Waals surface area contributed by atoms with Gasteiger partial charge in [-0.2, -0.15) is 0 Å². The Hall–Kier alpha value is -1.14. The minimum atomic E-state index is -0.824. The van der Waals surface area contributed by atoms with Gasteiger partial charge < -0.3 is 20.5 Å². The second-order valence-electron chi connectivity index (χ2n) is 6.04. The lowest BCUT2D eigenvalue weighted by molar-refractivity contribution is -0.153. The van der Waals surface area contributed by atoms with Crippen LogP contribution in [0, 0.1) is 11.3 Å². The largest absolute Gasteiger partial charge is 0.481 e. The van der Waals surface area contributed by atoms with Gasteiger partial charge in [-0.1, -0.05) is 0 Å². The molecule has 1 aliphatic rings. The summed E-state index contributed by atoms with van der Waals surface area (Å²) in [5.74, 6) is -0.958. The Morgan fingerprint density at radius 2 is 2.15 bits per heavy atom. The van der Waals surface area contributed by atoms with E-state index in [0.29, 0.717) is 26.1 Å². The molecule has 0 bridgehead atoms. The third-order valence-corrected chi connectivity index (χ3v) is 4.26. The number of carbonyl (C=O) groups excluding carboxylic acids is 1. The number of rotatable bonds is 6. The molecule has 1 rings (SSSR count). The van der Waals surface area contributed by atoms with Crippen molar-refractivity contribution in [2.45, 2.75) is 39.2 Å². The van der Waals surface area contributed by atoms with E-state index in [4.69, 9.17) is 10.5 Å². The molecule has 2 unspecified atom stereocenters. The van der Waals surface area contributed by atoms with Gasteiger partial charge in [-0.05, 0) is 39.0 Å². The quantitative estimate of drug-likeness (QED) is 0.749. The van der Waals surface area contributed by atoms with Crippen LogP contribution in [0.25, 0.3) is 0 Å². The normalized spacial score (nSPS) is 21.6. The van der Waals surface area contributed by atoms with Crippen molar-refractivity contribution in [3.05, 3.63) is 0 Å². The molecule has 0 aromatic heterocycles. The average molecular weight is 286 g/mol. The Labute approximate surface area is 120 Å². The summed E-state index contributed by atoms with van der Waals surface area (Å²) in [7, 11) is 1.57. The maximum absolute atomic E-state index is 12.2. The van der Waals surface area contributed by atoms with E-state index < -0.39 is 17.4 Å². The fraction of sp³-hybridized carbons (Fsp3) is 0.857. The Morgan fingerprint density at radius 3 is 2.70 bits per heavy atom.